The lowest BCUT2D eigenvalue weighted by Crippen LogP contribution is -2.51. The van der Waals surface area contributed by atoms with Gasteiger partial charge < -0.3 is 14.9 Å². The molecular formula is C21H30O4. The topological polar surface area (TPSA) is 66.8 Å². The van der Waals surface area contributed by atoms with Gasteiger partial charge in [-0.25, -0.2) is 0 Å². The quantitative estimate of drug-likeness (QED) is 0.565. The van der Waals surface area contributed by atoms with Gasteiger partial charge in [-0.15, -0.1) is 0 Å². The molecule has 0 aromatic heterocycles. The highest BCUT2D eigenvalue weighted by molar-refractivity contribution is 5.66. The Morgan fingerprint density at radius 3 is 2.72 bits per heavy atom. The molecule has 0 bridgehead atoms. The first kappa shape index (κ1) is 17.3. The molecular weight excluding hydrogens is 316 g/mol. The molecule has 4 heteroatoms. The van der Waals surface area contributed by atoms with E-state index in [-0.39, 0.29) is 29.0 Å². The van der Waals surface area contributed by atoms with Crippen molar-refractivity contribution in [1.29, 1.82) is 0 Å². The second-order valence-corrected chi connectivity index (χ2v) is 9.06. The molecule has 2 fully saturated rings. The fraction of sp³-hybridized carbons (Fsp3) is 0.762. The van der Waals surface area contributed by atoms with Gasteiger partial charge in [0.15, 0.2) is 0 Å². The van der Waals surface area contributed by atoms with Crippen LogP contribution in [0.15, 0.2) is 23.3 Å². The first-order chi connectivity index (χ1) is 11.8. The van der Waals surface area contributed by atoms with Crippen LogP contribution in [0.3, 0.4) is 0 Å². The Labute approximate surface area is 149 Å². The van der Waals surface area contributed by atoms with Gasteiger partial charge in [0.1, 0.15) is 6.10 Å². The summed E-state index contributed by atoms with van der Waals surface area (Å²) in [5.41, 5.74) is 2.49. The van der Waals surface area contributed by atoms with Gasteiger partial charge >= 0.3 is 5.97 Å². The van der Waals surface area contributed by atoms with E-state index in [1.807, 2.05) is 6.08 Å². The molecule has 7 atom stereocenters. The van der Waals surface area contributed by atoms with Gasteiger partial charge in [-0.2, -0.15) is 0 Å². The van der Waals surface area contributed by atoms with E-state index < -0.39 is 6.10 Å². The smallest absolute Gasteiger partial charge is 0.303 e. The average molecular weight is 346 g/mol. The van der Waals surface area contributed by atoms with Crippen LogP contribution in [0.2, 0.25) is 0 Å². The Hall–Kier alpha value is -1.13. The highest BCUT2D eigenvalue weighted by Gasteiger charge is 2.57. The maximum Gasteiger partial charge on any atom is 0.303 e. The molecule has 138 valence electrons. The van der Waals surface area contributed by atoms with E-state index in [4.69, 9.17) is 4.74 Å². The lowest BCUT2D eigenvalue weighted by Gasteiger charge is -2.56. The molecule has 4 nitrogen and oxygen atoms in total. The number of aliphatic hydroxyl groups is 2. The van der Waals surface area contributed by atoms with Crippen molar-refractivity contribution in [2.45, 2.75) is 77.6 Å². The summed E-state index contributed by atoms with van der Waals surface area (Å²) in [7, 11) is 0. The van der Waals surface area contributed by atoms with Crippen LogP contribution < -0.4 is 0 Å². The number of ether oxygens (including phenoxy) is 1. The molecule has 4 rings (SSSR count). The van der Waals surface area contributed by atoms with Crippen molar-refractivity contribution in [3.63, 3.8) is 0 Å². The summed E-state index contributed by atoms with van der Waals surface area (Å²) in [6, 6.07) is 0. The summed E-state index contributed by atoms with van der Waals surface area (Å²) in [4.78, 5) is 11.8. The number of rotatable bonds is 1. The third kappa shape index (κ3) is 2.44. The van der Waals surface area contributed by atoms with E-state index >= 15 is 0 Å². The van der Waals surface area contributed by atoms with Crippen LogP contribution in [-0.4, -0.2) is 34.5 Å². The molecule has 2 saturated carbocycles. The van der Waals surface area contributed by atoms with E-state index in [2.05, 4.69) is 19.9 Å². The average Bonchev–Trinajstić information content (AvgIpc) is 2.84. The van der Waals surface area contributed by atoms with Crippen LogP contribution in [0.4, 0.5) is 0 Å². The maximum atomic E-state index is 11.8. The van der Waals surface area contributed by atoms with Gasteiger partial charge in [0.2, 0.25) is 0 Å². The minimum atomic E-state index is -0.396. The predicted octanol–water partition coefficient (Wildman–Crippen LogP) is 3.13. The van der Waals surface area contributed by atoms with Gasteiger partial charge in [-0.1, -0.05) is 31.6 Å². The van der Waals surface area contributed by atoms with E-state index in [0.29, 0.717) is 11.8 Å². The van der Waals surface area contributed by atoms with Crippen molar-refractivity contribution in [2.24, 2.45) is 22.7 Å². The zero-order chi connectivity index (χ0) is 18.0. The minimum absolute atomic E-state index is 0.00703. The van der Waals surface area contributed by atoms with Gasteiger partial charge in [0.05, 0.1) is 12.2 Å². The molecule has 0 heterocycles. The fourth-order valence-corrected chi connectivity index (χ4v) is 6.28. The molecule has 4 aliphatic rings. The third-order valence-electron chi connectivity index (χ3n) is 7.76. The maximum absolute atomic E-state index is 11.8. The number of hydrogen-bond donors (Lipinski definition) is 2. The molecule has 0 saturated heterocycles. The largest absolute Gasteiger partial charge is 0.458 e. The highest BCUT2D eigenvalue weighted by atomic mass is 16.5. The molecule has 2 N–H and O–H groups in total. The molecule has 25 heavy (non-hydrogen) atoms. The number of aliphatic hydroxyl groups excluding tert-OH is 2. The van der Waals surface area contributed by atoms with Crippen molar-refractivity contribution in [2.75, 3.05) is 0 Å². The summed E-state index contributed by atoms with van der Waals surface area (Å²) < 4.78 is 5.79. The number of carbonyl (C=O) groups is 1. The van der Waals surface area contributed by atoms with Crippen molar-refractivity contribution < 1.29 is 19.7 Å². The monoisotopic (exact) mass is 346 g/mol. The Kier molecular flexibility index (Phi) is 3.93. The van der Waals surface area contributed by atoms with Crippen molar-refractivity contribution >= 4 is 5.97 Å². The lowest BCUT2D eigenvalue weighted by molar-refractivity contribution is -0.148. The molecule has 0 aromatic rings. The first-order valence-corrected chi connectivity index (χ1v) is 9.72. The number of fused-ring (bicyclic) bond motifs is 4. The summed E-state index contributed by atoms with van der Waals surface area (Å²) in [6.07, 6.45) is 8.52. The van der Waals surface area contributed by atoms with E-state index in [1.165, 1.54) is 18.1 Å². The molecule has 0 amide bonds. The predicted molar refractivity (Wildman–Crippen MR) is 94.6 cm³/mol. The highest BCUT2D eigenvalue weighted by Crippen LogP contribution is 2.62. The molecule has 4 unspecified atom stereocenters. The van der Waals surface area contributed by atoms with Gasteiger partial charge in [0.25, 0.3) is 0 Å². The number of allylic oxidation sites excluding steroid dienone is 1. The van der Waals surface area contributed by atoms with Crippen LogP contribution in [0.25, 0.3) is 0 Å². The first-order valence-electron chi connectivity index (χ1n) is 9.72. The summed E-state index contributed by atoms with van der Waals surface area (Å²) in [5, 5.41) is 20.7. The fourth-order valence-electron chi connectivity index (χ4n) is 6.28. The van der Waals surface area contributed by atoms with Crippen LogP contribution >= 0.6 is 0 Å². The number of hydrogen-bond acceptors (Lipinski definition) is 4. The SMILES string of the molecule is CC(=O)OC1CC2CC(O)C=C[C@]2(C)[C@@H]2CC[C@@]3(C)C(=C12)CCC3O. The zero-order valence-corrected chi connectivity index (χ0v) is 15.5. The van der Waals surface area contributed by atoms with Gasteiger partial charge in [-0.3, -0.25) is 4.79 Å². The number of esters is 1. The Morgan fingerprint density at radius 2 is 2.00 bits per heavy atom. The van der Waals surface area contributed by atoms with Crippen LogP contribution in [0, 0.1) is 22.7 Å². The summed E-state index contributed by atoms with van der Waals surface area (Å²) >= 11 is 0. The molecule has 4 aliphatic carbocycles. The Balaban J connectivity index is 1.84. The van der Waals surface area contributed by atoms with E-state index in [1.54, 1.807) is 0 Å². The Morgan fingerprint density at radius 1 is 1.24 bits per heavy atom. The van der Waals surface area contributed by atoms with E-state index in [0.717, 1.165) is 38.5 Å². The second-order valence-electron chi connectivity index (χ2n) is 9.06. The molecule has 0 spiro atoms. The third-order valence-corrected chi connectivity index (χ3v) is 7.76. The normalized spacial score (nSPS) is 48.6. The molecule has 0 radical (unpaired) electrons. The van der Waals surface area contributed by atoms with Gasteiger partial charge in [-0.05, 0) is 61.3 Å². The lowest BCUT2D eigenvalue weighted by atomic mass is 9.50. The van der Waals surface area contributed by atoms with Crippen LogP contribution in [0.5, 0.6) is 0 Å². The van der Waals surface area contributed by atoms with E-state index in [9.17, 15) is 15.0 Å². The summed E-state index contributed by atoms with van der Waals surface area (Å²) in [5.74, 6) is 0.424. The van der Waals surface area contributed by atoms with Crippen LogP contribution in [0.1, 0.15) is 59.3 Å². The second kappa shape index (κ2) is 5.68. The molecule has 0 aromatic carbocycles. The van der Waals surface area contributed by atoms with Gasteiger partial charge in [0, 0.05) is 12.3 Å². The molecule has 0 aliphatic heterocycles. The van der Waals surface area contributed by atoms with Crippen molar-refractivity contribution in [1.82, 2.24) is 0 Å². The summed E-state index contributed by atoms with van der Waals surface area (Å²) in [6.45, 7) is 5.97. The number of carbonyl (C=O) groups excluding carboxylic acids is 1. The minimum Gasteiger partial charge on any atom is -0.458 e. The van der Waals surface area contributed by atoms with Crippen LogP contribution in [-0.2, 0) is 9.53 Å². The van der Waals surface area contributed by atoms with Crippen molar-refractivity contribution in [3.8, 4) is 0 Å². The van der Waals surface area contributed by atoms with Crippen molar-refractivity contribution in [3.05, 3.63) is 23.3 Å². The standard InChI is InChI=1S/C21H30O4/c1-12(22)25-17-11-13-10-14(23)6-8-20(13,2)16-7-9-21(3)15(19(16)17)4-5-18(21)24/h6,8,13-14,16-18,23-24H,4-5,7,9-11H2,1-3H3/t13?,14?,16-,17?,18?,20+,21+/m1/s1. The Bertz CT molecular complexity index is 650. The zero-order valence-electron chi connectivity index (χ0n) is 15.5.